The van der Waals surface area contributed by atoms with Crippen LogP contribution < -0.4 is 5.32 Å². The zero-order valence-corrected chi connectivity index (χ0v) is 12.3. The molecule has 0 bridgehead atoms. The second kappa shape index (κ2) is 6.48. The maximum absolute atomic E-state index is 11.0. The number of carboxylic acids is 1. The number of rotatable bonds is 4. The fourth-order valence-electron chi connectivity index (χ4n) is 3.37. The minimum atomic E-state index is -0.642. The zero-order chi connectivity index (χ0) is 14.7. The maximum atomic E-state index is 11.0. The molecule has 1 saturated heterocycles. The lowest BCUT2D eigenvalue weighted by Crippen LogP contribution is -2.29. The molecule has 2 N–H and O–H groups in total. The van der Waals surface area contributed by atoms with Crippen LogP contribution in [0.2, 0.25) is 0 Å². The Morgan fingerprint density at radius 3 is 2.38 bits per heavy atom. The lowest BCUT2D eigenvalue weighted by molar-refractivity contribution is -0.142. The molecule has 0 aromatic heterocycles. The van der Waals surface area contributed by atoms with Crippen molar-refractivity contribution in [1.82, 2.24) is 0 Å². The van der Waals surface area contributed by atoms with Crippen LogP contribution in [0.4, 0.5) is 5.69 Å². The first kappa shape index (κ1) is 14.4. The van der Waals surface area contributed by atoms with E-state index in [0.29, 0.717) is 12.0 Å². The molecule has 1 aromatic carbocycles. The molecule has 1 aliphatic carbocycles. The highest BCUT2D eigenvalue weighted by Gasteiger charge is 2.25. The molecular formula is C17H23NO3. The summed E-state index contributed by atoms with van der Waals surface area (Å²) in [4.78, 5) is 11.0. The molecule has 2 fully saturated rings. The number of nitrogens with one attached hydrogen (secondary N) is 1. The van der Waals surface area contributed by atoms with Gasteiger partial charge in [-0.3, -0.25) is 4.79 Å². The van der Waals surface area contributed by atoms with Gasteiger partial charge in [-0.2, -0.15) is 0 Å². The van der Waals surface area contributed by atoms with E-state index in [9.17, 15) is 4.79 Å². The molecule has 4 nitrogen and oxygen atoms in total. The maximum Gasteiger partial charge on any atom is 0.306 e. The van der Waals surface area contributed by atoms with E-state index in [-0.39, 0.29) is 5.92 Å². The molecule has 114 valence electrons. The SMILES string of the molecule is O=C(O)C1CCC(Nc2ccc(C3CCOC3)cc2)CC1. The van der Waals surface area contributed by atoms with E-state index < -0.39 is 5.97 Å². The molecule has 21 heavy (non-hydrogen) atoms. The first-order valence-corrected chi connectivity index (χ1v) is 7.89. The third-order valence-corrected chi connectivity index (χ3v) is 4.76. The predicted octanol–water partition coefficient (Wildman–Crippen LogP) is 3.25. The van der Waals surface area contributed by atoms with Crippen LogP contribution in [0, 0.1) is 5.92 Å². The van der Waals surface area contributed by atoms with Gasteiger partial charge in [0.15, 0.2) is 0 Å². The molecule has 1 heterocycles. The van der Waals surface area contributed by atoms with Crippen molar-refractivity contribution in [2.75, 3.05) is 18.5 Å². The zero-order valence-electron chi connectivity index (χ0n) is 12.3. The van der Waals surface area contributed by atoms with Crippen molar-refractivity contribution in [3.8, 4) is 0 Å². The van der Waals surface area contributed by atoms with Gasteiger partial charge in [0, 0.05) is 24.3 Å². The summed E-state index contributed by atoms with van der Waals surface area (Å²) in [5, 5.41) is 12.6. The average molecular weight is 289 g/mol. The van der Waals surface area contributed by atoms with E-state index in [2.05, 4.69) is 29.6 Å². The van der Waals surface area contributed by atoms with Gasteiger partial charge in [-0.15, -0.1) is 0 Å². The van der Waals surface area contributed by atoms with Crippen LogP contribution in [0.3, 0.4) is 0 Å². The van der Waals surface area contributed by atoms with Crippen molar-refractivity contribution in [1.29, 1.82) is 0 Å². The van der Waals surface area contributed by atoms with Crippen LogP contribution in [-0.4, -0.2) is 30.3 Å². The molecule has 2 aliphatic rings. The van der Waals surface area contributed by atoms with Crippen LogP contribution in [0.1, 0.15) is 43.6 Å². The topological polar surface area (TPSA) is 58.6 Å². The number of aliphatic carboxylic acids is 1. The Labute approximate surface area is 125 Å². The van der Waals surface area contributed by atoms with Gasteiger partial charge < -0.3 is 15.2 Å². The second-order valence-corrected chi connectivity index (χ2v) is 6.21. The van der Waals surface area contributed by atoms with E-state index in [4.69, 9.17) is 9.84 Å². The predicted molar refractivity (Wildman–Crippen MR) is 81.6 cm³/mol. The quantitative estimate of drug-likeness (QED) is 0.893. The molecule has 1 aliphatic heterocycles. The van der Waals surface area contributed by atoms with E-state index in [0.717, 1.165) is 51.0 Å². The highest BCUT2D eigenvalue weighted by Crippen LogP contribution is 2.29. The van der Waals surface area contributed by atoms with Crippen molar-refractivity contribution >= 4 is 11.7 Å². The summed E-state index contributed by atoms with van der Waals surface area (Å²) in [5.74, 6) is -0.241. The number of hydrogen-bond donors (Lipinski definition) is 2. The van der Waals surface area contributed by atoms with E-state index in [1.54, 1.807) is 0 Å². The Morgan fingerprint density at radius 2 is 1.81 bits per heavy atom. The summed E-state index contributed by atoms with van der Waals surface area (Å²) < 4.78 is 5.43. The summed E-state index contributed by atoms with van der Waals surface area (Å²) in [6.07, 6.45) is 4.56. The van der Waals surface area contributed by atoms with Gasteiger partial charge in [-0.1, -0.05) is 12.1 Å². The van der Waals surface area contributed by atoms with Gasteiger partial charge in [-0.25, -0.2) is 0 Å². The van der Waals surface area contributed by atoms with Crippen molar-refractivity contribution < 1.29 is 14.6 Å². The molecule has 1 aromatic rings. The van der Waals surface area contributed by atoms with Gasteiger partial charge in [-0.05, 0) is 49.8 Å². The van der Waals surface area contributed by atoms with Crippen LogP contribution >= 0.6 is 0 Å². The van der Waals surface area contributed by atoms with Crippen molar-refractivity contribution in [3.63, 3.8) is 0 Å². The van der Waals surface area contributed by atoms with Gasteiger partial charge in [0.05, 0.1) is 12.5 Å². The van der Waals surface area contributed by atoms with Gasteiger partial charge in [0.25, 0.3) is 0 Å². The summed E-state index contributed by atoms with van der Waals surface area (Å²) in [6, 6.07) is 9.05. The summed E-state index contributed by atoms with van der Waals surface area (Å²) in [5.41, 5.74) is 2.49. The normalized spacial score (nSPS) is 29.2. The van der Waals surface area contributed by atoms with Gasteiger partial charge in [0.1, 0.15) is 0 Å². The number of ether oxygens (including phenoxy) is 1. The first-order valence-electron chi connectivity index (χ1n) is 7.89. The minimum absolute atomic E-state index is 0.146. The van der Waals surface area contributed by atoms with Gasteiger partial charge >= 0.3 is 5.97 Å². The number of carbonyl (C=O) groups is 1. The number of carboxylic acid groups (broad SMARTS) is 1. The van der Waals surface area contributed by atoms with Crippen LogP contribution in [-0.2, 0) is 9.53 Å². The number of hydrogen-bond acceptors (Lipinski definition) is 3. The monoisotopic (exact) mass is 289 g/mol. The fraction of sp³-hybridized carbons (Fsp3) is 0.588. The Bertz CT molecular complexity index is 471. The Morgan fingerprint density at radius 1 is 1.10 bits per heavy atom. The lowest BCUT2D eigenvalue weighted by atomic mass is 9.86. The third-order valence-electron chi connectivity index (χ3n) is 4.76. The molecule has 4 heteroatoms. The molecule has 0 spiro atoms. The molecule has 1 saturated carbocycles. The molecule has 3 rings (SSSR count). The second-order valence-electron chi connectivity index (χ2n) is 6.21. The highest BCUT2D eigenvalue weighted by molar-refractivity contribution is 5.70. The van der Waals surface area contributed by atoms with Gasteiger partial charge in [0.2, 0.25) is 0 Å². The van der Waals surface area contributed by atoms with E-state index in [1.807, 2.05) is 0 Å². The Balaban J connectivity index is 1.52. The van der Waals surface area contributed by atoms with Crippen LogP contribution in [0.15, 0.2) is 24.3 Å². The fourth-order valence-corrected chi connectivity index (χ4v) is 3.37. The van der Waals surface area contributed by atoms with E-state index in [1.165, 1.54) is 5.56 Å². The molecule has 0 radical (unpaired) electrons. The van der Waals surface area contributed by atoms with Crippen molar-refractivity contribution in [2.24, 2.45) is 5.92 Å². The number of anilines is 1. The Kier molecular flexibility index (Phi) is 4.44. The molecule has 1 unspecified atom stereocenters. The van der Waals surface area contributed by atoms with Crippen molar-refractivity contribution in [2.45, 2.75) is 44.1 Å². The molecular weight excluding hydrogens is 266 g/mol. The minimum Gasteiger partial charge on any atom is -0.481 e. The largest absolute Gasteiger partial charge is 0.481 e. The molecule has 0 amide bonds. The van der Waals surface area contributed by atoms with E-state index >= 15 is 0 Å². The summed E-state index contributed by atoms with van der Waals surface area (Å²) in [6.45, 7) is 1.71. The lowest BCUT2D eigenvalue weighted by Gasteiger charge is -2.27. The highest BCUT2D eigenvalue weighted by atomic mass is 16.5. The smallest absolute Gasteiger partial charge is 0.306 e. The van der Waals surface area contributed by atoms with Crippen LogP contribution in [0.5, 0.6) is 0 Å². The number of benzene rings is 1. The Hall–Kier alpha value is -1.55. The third kappa shape index (κ3) is 3.56. The first-order chi connectivity index (χ1) is 10.2. The standard InChI is InChI=1S/C17H23NO3/c19-17(20)13-3-7-16(8-4-13)18-15-5-1-12(2-6-15)14-9-10-21-11-14/h1-2,5-6,13-14,16,18H,3-4,7-11H2,(H,19,20). The van der Waals surface area contributed by atoms with Crippen molar-refractivity contribution in [3.05, 3.63) is 29.8 Å². The summed E-state index contributed by atoms with van der Waals surface area (Å²) >= 11 is 0. The summed E-state index contributed by atoms with van der Waals surface area (Å²) in [7, 11) is 0. The van der Waals surface area contributed by atoms with Crippen LogP contribution in [0.25, 0.3) is 0 Å². The molecule has 1 atom stereocenters. The average Bonchev–Trinajstić information content (AvgIpc) is 3.03.